The Balaban J connectivity index is 0.000000146. The Bertz CT molecular complexity index is 4370. The fourth-order valence-corrected chi connectivity index (χ4v) is 12.5. The van der Waals surface area contributed by atoms with Crippen LogP contribution in [-0.4, -0.2) is 57.3 Å². The van der Waals surface area contributed by atoms with Crippen LogP contribution in [0.1, 0.15) is 116 Å². The summed E-state index contributed by atoms with van der Waals surface area (Å²) < 4.78 is 27.1. The molecule has 450 valence electrons. The number of nitrogens with zero attached hydrogens (tertiary/aromatic N) is 18. The first-order chi connectivity index (χ1) is 40.4. The van der Waals surface area contributed by atoms with E-state index in [0.717, 1.165) is 67.7 Å². The van der Waals surface area contributed by atoms with Gasteiger partial charge in [0.15, 0.2) is 66.2 Å². The SMILES string of the molecule is CC[n+]1c(C)n(C)c2cnc(C)cc21.CC[n+]1c(C)n(C)c2cncc(C)c21.CC[n+]1c(C)n(C)c2cnccc21.CCn1c(C)[n+](C)c2c(C)nc(C)cc21.CCn1c(C)[n+](C)c2c(C)ncc(C)c21.CCn1c(C)[n+](C)c2c(C)nccc21. The van der Waals surface area contributed by atoms with E-state index in [-0.39, 0.29) is 0 Å². The van der Waals surface area contributed by atoms with E-state index < -0.39 is 0 Å². The molecule has 12 rings (SSSR count). The lowest BCUT2D eigenvalue weighted by atomic mass is 10.2. The van der Waals surface area contributed by atoms with E-state index in [9.17, 15) is 0 Å². The van der Waals surface area contributed by atoms with E-state index in [0.29, 0.717) is 0 Å². The van der Waals surface area contributed by atoms with Crippen LogP contribution < -0.4 is 27.4 Å². The number of pyridine rings is 6. The summed E-state index contributed by atoms with van der Waals surface area (Å²) in [7, 11) is 12.6. The number of hydrogen-bond acceptors (Lipinski definition) is 6. The highest BCUT2D eigenvalue weighted by Gasteiger charge is 2.25. The van der Waals surface area contributed by atoms with Crippen LogP contribution in [0.3, 0.4) is 0 Å². The van der Waals surface area contributed by atoms with E-state index in [1.807, 2.05) is 50.3 Å². The topological polar surface area (TPSA) is 130 Å². The van der Waals surface area contributed by atoms with Crippen LogP contribution in [-0.2, 0) is 81.6 Å². The van der Waals surface area contributed by atoms with Gasteiger partial charge in [-0.3, -0.25) is 29.9 Å². The van der Waals surface area contributed by atoms with Gasteiger partial charge in [0.2, 0.25) is 0 Å². The Morgan fingerprint density at radius 1 is 0.376 bits per heavy atom. The Morgan fingerprint density at radius 3 is 1.46 bits per heavy atom. The largest absolute Gasteiger partial charge is 0.260 e. The third kappa shape index (κ3) is 12.1. The standard InChI is InChI=1S/2C12H18N3.3C11H16N3.C10H14N3/c1-6-15-10(4)14(5)12-9(3)13-7-8(2)11(12)15;1-6-15-10(4)14(5)12-9(3)13-8(2)7-11(12)15;1-5-14-9(3)13(4)10-7-12-6-8(2)11(10)14;1-5-14-9(3)13(4)11-7-12-8(2)6-10(11)14;1-5-14-9(3)13(4)11-8(2)12-7-6-10(11)14;1-4-13-8(2)12(3)10-7-11-6-5-9(10)13/h2*7H,6H2,1-5H3;3*6-7H,5H2,1-4H3;5-7H,4H2,1-3H3/q6*+1. The Kier molecular flexibility index (Phi) is 20.2. The number of aromatic nitrogens is 18. The molecule has 0 atom stereocenters. The summed E-state index contributed by atoms with van der Waals surface area (Å²) in [6, 6.07) is 8.45. The molecule has 0 radical (unpaired) electrons. The predicted octanol–water partition coefficient (Wildman–Crippen LogP) is 9.29. The monoisotopic (exact) mass is 1150 g/mol. The number of fused-ring (bicyclic) bond motifs is 6. The van der Waals surface area contributed by atoms with Crippen LogP contribution in [0.25, 0.3) is 66.2 Å². The fraction of sp³-hybridized carbons (Fsp3) is 0.463. The van der Waals surface area contributed by atoms with Crippen molar-refractivity contribution in [2.24, 2.45) is 42.3 Å². The molecule has 0 saturated carbocycles. The average Bonchev–Trinajstić information content (AvgIpc) is 2.77. The second-order valence-electron chi connectivity index (χ2n) is 22.3. The highest BCUT2D eigenvalue weighted by Crippen LogP contribution is 2.22. The minimum atomic E-state index is 1.01. The second-order valence-corrected chi connectivity index (χ2v) is 22.3. The van der Waals surface area contributed by atoms with Gasteiger partial charge >= 0.3 is 0 Å². The van der Waals surface area contributed by atoms with Crippen LogP contribution >= 0.6 is 0 Å². The molecule has 18 nitrogen and oxygen atoms in total. The number of hydrogen-bond donors (Lipinski definition) is 0. The lowest BCUT2D eigenvalue weighted by molar-refractivity contribution is -0.675. The van der Waals surface area contributed by atoms with E-state index >= 15 is 0 Å². The van der Waals surface area contributed by atoms with Crippen LogP contribution in [0.2, 0.25) is 0 Å². The van der Waals surface area contributed by atoms with Gasteiger partial charge in [0.05, 0.1) is 117 Å². The maximum absolute atomic E-state index is 4.52. The quantitative estimate of drug-likeness (QED) is 0.153. The Morgan fingerprint density at radius 2 is 0.871 bits per heavy atom. The summed E-state index contributed by atoms with van der Waals surface area (Å²) >= 11 is 0. The van der Waals surface area contributed by atoms with Crippen LogP contribution in [0.5, 0.6) is 0 Å². The van der Waals surface area contributed by atoms with Crippen molar-refractivity contribution in [3.05, 3.63) is 142 Å². The van der Waals surface area contributed by atoms with Crippen LogP contribution in [0.4, 0.5) is 0 Å². The molecule has 12 aromatic heterocycles. The number of aryl methyl sites for hydroxylation is 19. The maximum Gasteiger partial charge on any atom is 0.254 e. The zero-order valence-electron chi connectivity index (χ0n) is 56.1. The van der Waals surface area contributed by atoms with Gasteiger partial charge < -0.3 is 0 Å². The number of rotatable bonds is 6. The summed E-state index contributed by atoms with van der Waals surface area (Å²) in [5, 5.41) is 0. The van der Waals surface area contributed by atoms with Crippen molar-refractivity contribution in [3.63, 3.8) is 0 Å². The van der Waals surface area contributed by atoms with Gasteiger partial charge in [-0.2, -0.15) is 0 Å². The third-order valence-electron chi connectivity index (χ3n) is 17.6. The molecule has 0 aromatic carbocycles. The molecule has 0 aliphatic heterocycles. The van der Waals surface area contributed by atoms with Crippen molar-refractivity contribution in [1.29, 1.82) is 0 Å². The van der Waals surface area contributed by atoms with Crippen molar-refractivity contribution in [2.45, 2.75) is 171 Å². The molecule has 0 unspecified atom stereocenters. The molecule has 0 bridgehead atoms. The molecule has 85 heavy (non-hydrogen) atoms. The van der Waals surface area contributed by atoms with E-state index in [4.69, 9.17) is 0 Å². The second kappa shape index (κ2) is 26.7. The first-order valence-corrected chi connectivity index (χ1v) is 30.2. The van der Waals surface area contributed by atoms with Crippen molar-refractivity contribution < 1.29 is 27.4 Å². The highest BCUT2D eigenvalue weighted by atomic mass is 15.2. The molecule has 0 aliphatic carbocycles. The summed E-state index contributed by atoms with van der Waals surface area (Å²) in [6.07, 6.45) is 13.4. The lowest BCUT2D eigenvalue weighted by Gasteiger charge is -1.98. The summed E-state index contributed by atoms with van der Waals surface area (Å²) in [4.78, 5) is 25.9. The van der Waals surface area contributed by atoms with Crippen molar-refractivity contribution in [1.82, 2.24) is 57.3 Å². The molecule has 0 saturated heterocycles. The summed E-state index contributed by atoms with van der Waals surface area (Å²) in [5.74, 6) is 7.66. The zero-order chi connectivity index (χ0) is 62.6. The van der Waals surface area contributed by atoms with Gasteiger partial charge in [-0.15, -0.1) is 0 Å². The molecule has 0 aliphatic rings. The normalized spacial score (nSPS) is 11.2. The van der Waals surface area contributed by atoms with Gasteiger partial charge in [0, 0.05) is 113 Å². The van der Waals surface area contributed by atoms with E-state index in [2.05, 4.69) is 276 Å². The van der Waals surface area contributed by atoms with Gasteiger partial charge in [-0.25, -0.2) is 54.8 Å². The molecular formula is C67H98N18+6. The van der Waals surface area contributed by atoms with Gasteiger partial charge in [-0.05, 0) is 90.0 Å². The van der Waals surface area contributed by atoms with Crippen molar-refractivity contribution in [3.8, 4) is 0 Å². The molecule has 0 spiro atoms. The van der Waals surface area contributed by atoms with Crippen LogP contribution in [0, 0.1) is 90.0 Å². The average molecular weight is 1160 g/mol. The molecule has 0 fully saturated rings. The smallest absolute Gasteiger partial charge is 0.254 e. The minimum Gasteiger partial charge on any atom is -0.260 e. The minimum absolute atomic E-state index is 1.01. The Labute approximate surface area is 504 Å². The number of imidazole rings is 6. The third-order valence-corrected chi connectivity index (χ3v) is 17.6. The van der Waals surface area contributed by atoms with Crippen LogP contribution in [0.15, 0.2) is 67.6 Å². The van der Waals surface area contributed by atoms with E-state index in [1.165, 1.54) is 112 Å². The van der Waals surface area contributed by atoms with Gasteiger partial charge in [0.25, 0.3) is 34.9 Å². The van der Waals surface area contributed by atoms with Gasteiger partial charge in [-0.1, -0.05) is 0 Å². The first kappa shape index (κ1) is 64.3. The lowest BCUT2D eigenvalue weighted by Crippen LogP contribution is -2.35. The summed E-state index contributed by atoms with van der Waals surface area (Å²) in [5.41, 5.74) is 23.1. The van der Waals surface area contributed by atoms with E-state index in [1.54, 1.807) is 0 Å². The zero-order valence-corrected chi connectivity index (χ0v) is 56.1. The first-order valence-electron chi connectivity index (χ1n) is 30.2. The van der Waals surface area contributed by atoms with Gasteiger partial charge in [0.1, 0.15) is 0 Å². The van der Waals surface area contributed by atoms with Crippen molar-refractivity contribution in [2.75, 3.05) is 0 Å². The van der Waals surface area contributed by atoms with Crippen molar-refractivity contribution >= 4 is 66.2 Å². The maximum atomic E-state index is 4.52. The molecule has 12 aromatic rings. The molecule has 12 heterocycles. The predicted molar refractivity (Wildman–Crippen MR) is 341 cm³/mol. The summed E-state index contributed by atoms with van der Waals surface area (Å²) in [6.45, 7) is 46.5. The molecule has 0 N–H and O–H groups in total. The molecular weight excluding hydrogens is 1060 g/mol. The fourth-order valence-electron chi connectivity index (χ4n) is 12.5. The molecule has 0 amide bonds. The Hall–Kier alpha value is -8.28. The highest BCUT2D eigenvalue weighted by molar-refractivity contribution is 5.78. The molecule has 18 heteroatoms.